The van der Waals surface area contributed by atoms with E-state index in [4.69, 9.17) is 10.5 Å². The summed E-state index contributed by atoms with van der Waals surface area (Å²) in [5.41, 5.74) is 8.21. The lowest BCUT2D eigenvalue weighted by Gasteiger charge is -2.04. The van der Waals surface area contributed by atoms with Crippen LogP contribution in [0.3, 0.4) is 0 Å². The summed E-state index contributed by atoms with van der Waals surface area (Å²) in [5, 5.41) is 4.01. The van der Waals surface area contributed by atoms with Gasteiger partial charge in [0.05, 0.1) is 28.2 Å². The number of nitrogen functional groups attached to an aromatic ring is 1. The summed E-state index contributed by atoms with van der Waals surface area (Å²) in [6.07, 6.45) is 0. The highest BCUT2D eigenvalue weighted by Gasteiger charge is 2.07. The zero-order valence-corrected chi connectivity index (χ0v) is 12.7. The number of benzene rings is 1. The van der Waals surface area contributed by atoms with E-state index >= 15 is 0 Å². The van der Waals surface area contributed by atoms with Crippen LogP contribution >= 0.6 is 11.3 Å². The highest BCUT2D eigenvalue weighted by atomic mass is 32.1. The predicted molar refractivity (Wildman–Crippen MR) is 87.5 cm³/mol. The van der Waals surface area contributed by atoms with Crippen molar-refractivity contribution in [1.29, 1.82) is 0 Å². The van der Waals surface area contributed by atoms with Gasteiger partial charge in [0.1, 0.15) is 11.6 Å². The average Bonchev–Trinajstić information content (AvgIpc) is 2.85. The van der Waals surface area contributed by atoms with Gasteiger partial charge in [0.15, 0.2) is 5.13 Å². The van der Waals surface area contributed by atoms with Crippen LogP contribution in [0.2, 0.25) is 0 Å². The smallest absolute Gasteiger partial charge is 0.189 e. The third-order valence-corrected chi connectivity index (χ3v) is 3.97. The number of anilines is 3. The zero-order chi connectivity index (χ0) is 14.8. The Morgan fingerprint density at radius 1 is 1.24 bits per heavy atom. The Morgan fingerprint density at radius 3 is 2.86 bits per heavy atom. The SMILES string of the molecule is CCOc1ccc2nc(Nc3ccc(N)c(C)n3)sc2c1. The van der Waals surface area contributed by atoms with Gasteiger partial charge in [0, 0.05) is 0 Å². The number of nitrogens with one attached hydrogen (secondary N) is 1. The Bertz CT molecular complexity index is 784. The summed E-state index contributed by atoms with van der Waals surface area (Å²) in [6, 6.07) is 9.58. The summed E-state index contributed by atoms with van der Waals surface area (Å²) in [7, 11) is 0. The Kier molecular flexibility index (Phi) is 3.62. The Hall–Kier alpha value is -2.34. The highest BCUT2D eigenvalue weighted by Crippen LogP contribution is 2.30. The molecule has 0 aliphatic carbocycles. The third kappa shape index (κ3) is 2.90. The fourth-order valence-corrected chi connectivity index (χ4v) is 2.87. The van der Waals surface area contributed by atoms with Crippen molar-refractivity contribution in [3.8, 4) is 5.75 Å². The number of nitrogens with zero attached hydrogens (tertiary/aromatic N) is 2. The first-order chi connectivity index (χ1) is 10.2. The quantitative estimate of drug-likeness (QED) is 0.768. The topological polar surface area (TPSA) is 73.1 Å². The normalized spacial score (nSPS) is 10.8. The first-order valence-electron chi connectivity index (χ1n) is 6.69. The van der Waals surface area contributed by atoms with Gasteiger partial charge in [-0.2, -0.15) is 0 Å². The van der Waals surface area contributed by atoms with Crippen LogP contribution in [0, 0.1) is 6.92 Å². The minimum Gasteiger partial charge on any atom is -0.494 e. The second-order valence-corrected chi connectivity index (χ2v) is 5.61. The molecule has 0 spiro atoms. The number of nitrogens with two attached hydrogens (primary N) is 1. The summed E-state index contributed by atoms with van der Waals surface area (Å²) in [6.45, 7) is 4.51. The number of pyridine rings is 1. The maximum atomic E-state index is 5.77. The molecule has 2 heterocycles. The third-order valence-electron chi connectivity index (χ3n) is 3.03. The van der Waals surface area contributed by atoms with Crippen LogP contribution < -0.4 is 15.8 Å². The number of aromatic nitrogens is 2. The molecule has 0 aliphatic heterocycles. The molecule has 0 saturated heterocycles. The van der Waals surface area contributed by atoms with E-state index in [2.05, 4.69) is 15.3 Å². The fraction of sp³-hybridized carbons (Fsp3) is 0.200. The van der Waals surface area contributed by atoms with Crippen molar-refractivity contribution in [2.45, 2.75) is 13.8 Å². The van der Waals surface area contributed by atoms with Crippen molar-refractivity contribution in [2.24, 2.45) is 0 Å². The molecule has 0 fully saturated rings. The number of ether oxygens (including phenoxy) is 1. The van der Waals surface area contributed by atoms with Crippen LogP contribution in [0.1, 0.15) is 12.6 Å². The van der Waals surface area contributed by atoms with E-state index in [0.717, 1.165) is 32.6 Å². The molecule has 21 heavy (non-hydrogen) atoms. The fourth-order valence-electron chi connectivity index (χ4n) is 1.97. The van der Waals surface area contributed by atoms with Crippen LogP contribution in [-0.4, -0.2) is 16.6 Å². The molecule has 3 rings (SSSR count). The molecule has 0 unspecified atom stereocenters. The van der Waals surface area contributed by atoms with Gasteiger partial charge in [0.25, 0.3) is 0 Å². The maximum absolute atomic E-state index is 5.77. The standard InChI is InChI=1S/C15H16N4OS/c1-3-20-10-4-6-12-13(8-10)21-15(18-12)19-14-7-5-11(16)9(2)17-14/h4-8H,3,16H2,1-2H3,(H,17,18,19). The van der Waals surface area contributed by atoms with Crippen molar-refractivity contribution < 1.29 is 4.74 Å². The maximum Gasteiger partial charge on any atom is 0.189 e. The minimum absolute atomic E-state index is 0.657. The molecule has 1 aromatic carbocycles. The van der Waals surface area contributed by atoms with Crippen LogP contribution in [-0.2, 0) is 0 Å². The van der Waals surface area contributed by atoms with Gasteiger partial charge in [-0.15, -0.1) is 0 Å². The van der Waals surface area contributed by atoms with Gasteiger partial charge in [-0.05, 0) is 44.2 Å². The van der Waals surface area contributed by atoms with E-state index in [-0.39, 0.29) is 0 Å². The molecule has 0 amide bonds. The highest BCUT2D eigenvalue weighted by molar-refractivity contribution is 7.22. The number of thiazole rings is 1. The van der Waals surface area contributed by atoms with Crippen molar-refractivity contribution in [3.05, 3.63) is 36.0 Å². The van der Waals surface area contributed by atoms with E-state index in [1.807, 2.05) is 44.2 Å². The first kappa shape index (κ1) is 13.6. The number of hydrogen-bond acceptors (Lipinski definition) is 6. The van der Waals surface area contributed by atoms with E-state index < -0.39 is 0 Å². The van der Waals surface area contributed by atoms with Gasteiger partial charge in [-0.25, -0.2) is 9.97 Å². The Labute approximate surface area is 126 Å². The molecule has 0 aliphatic rings. The molecule has 6 heteroatoms. The molecule has 0 atom stereocenters. The summed E-state index contributed by atoms with van der Waals surface area (Å²) in [5.74, 6) is 1.60. The van der Waals surface area contributed by atoms with Gasteiger partial charge in [0.2, 0.25) is 0 Å². The van der Waals surface area contributed by atoms with Crippen LogP contribution in [0.25, 0.3) is 10.2 Å². The molecular weight excluding hydrogens is 284 g/mol. The van der Waals surface area contributed by atoms with E-state index in [1.54, 1.807) is 11.3 Å². The van der Waals surface area contributed by atoms with Gasteiger partial charge >= 0.3 is 0 Å². The second-order valence-electron chi connectivity index (χ2n) is 4.58. The number of rotatable bonds is 4. The monoisotopic (exact) mass is 300 g/mol. The second kappa shape index (κ2) is 5.57. The summed E-state index contributed by atoms with van der Waals surface area (Å²) < 4.78 is 6.58. The van der Waals surface area contributed by atoms with Crippen molar-refractivity contribution in [1.82, 2.24) is 9.97 Å². The van der Waals surface area contributed by atoms with Crippen molar-refractivity contribution >= 4 is 38.2 Å². The summed E-state index contributed by atoms with van der Waals surface area (Å²) in [4.78, 5) is 8.93. The van der Waals surface area contributed by atoms with Crippen LogP contribution in [0.4, 0.5) is 16.6 Å². The van der Waals surface area contributed by atoms with Crippen LogP contribution in [0.15, 0.2) is 30.3 Å². The number of fused-ring (bicyclic) bond motifs is 1. The lowest BCUT2D eigenvalue weighted by atomic mass is 10.3. The molecule has 3 N–H and O–H groups in total. The Balaban J connectivity index is 1.88. The Morgan fingerprint density at radius 2 is 2.10 bits per heavy atom. The van der Waals surface area contributed by atoms with E-state index in [9.17, 15) is 0 Å². The van der Waals surface area contributed by atoms with E-state index in [0.29, 0.717) is 12.3 Å². The molecule has 0 radical (unpaired) electrons. The van der Waals surface area contributed by atoms with Gasteiger partial charge in [-0.3, -0.25) is 0 Å². The molecule has 0 saturated carbocycles. The summed E-state index contributed by atoms with van der Waals surface area (Å²) >= 11 is 1.57. The zero-order valence-electron chi connectivity index (χ0n) is 11.9. The molecule has 0 bridgehead atoms. The largest absolute Gasteiger partial charge is 0.494 e. The molecule has 3 aromatic rings. The van der Waals surface area contributed by atoms with Crippen molar-refractivity contribution in [2.75, 3.05) is 17.7 Å². The average molecular weight is 300 g/mol. The molecule has 5 nitrogen and oxygen atoms in total. The number of aryl methyl sites for hydroxylation is 1. The lowest BCUT2D eigenvalue weighted by molar-refractivity contribution is 0.341. The molecule has 108 valence electrons. The molecular formula is C15H16N4OS. The van der Waals surface area contributed by atoms with Crippen LogP contribution in [0.5, 0.6) is 5.75 Å². The predicted octanol–water partition coefficient (Wildman–Crippen LogP) is 3.72. The lowest BCUT2D eigenvalue weighted by Crippen LogP contribution is -1.97. The van der Waals surface area contributed by atoms with Gasteiger partial charge in [-0.1, -0.05) is 11.3 Å². The number of hydrogen-bond donors (Lipinski definition) is 2. The van der Waals surface area contributed by atoms with Crippen molar-refractivity contribution in [3.63, 3.8) is 0 Å². The van der Waals surface area contributed by atoms with Gasteiger partial charge < -0.3 is 15.8 Å². The minimum atomic E-state index is 0.657. The first-order valence-corrected chi connectivity index (χ1v) is 7.51. The molecule has 2 aromatic heterocycles. The van der Waals surface area contributed by atoms with E-state index in [1.165, 1.54) is 0 Å².